The van der Waals surface area contributed by atoms with Crippen LogP contribution in [-0.4, -0.2) is 47.5 Å². The van der Waals surface area contributed by atoms with Gasteiger partial charge in [0.1, 0.15) is 4.99 Å². The van der Waals surface area contributed by atoms with Gasteiger partial charge in [-0.25, -0.2) is 0 Å². The van der Waals surface area contributed by atoms with Crippen LogP contribution in [0.4, 0.5) is 0 Å². The largest absolute Gasteiger partial charge is 0.389 e. The molecule has 2 fully saturated rings. The zero-order valence-electron chi connectivity index (χ0n) is 12.8. The average molecular weight is 303 g/mol. The van der Waals surface area contributed by atoms with Gasteiger partial charge in [0.25, 0.3) is 0 Å². The summed E-state index contributed by atoms with van der Waals surface area (Å²) in [6.07, 6.45) is 4.06. The molecule has 0 amide bonds. The third-order valence-corrected chi connectivity index (χ3v) is 5.31. The van der Waals surface area contributed by atoms with E-state index in [1.807, 2.05) is 12.1 Å². The van der Waals surface area contributed by atoms with E-state index in [9.17, 15) is 0 Å². The topological polar surface area (TPSA) is 32.5 Å². The predicted molar refractivity (Wildman–Crippen MR) is 91.4 cm³/mol. The highest BCUT2D eigenvalue weighted by Crippen LogP contribution is 2.30. The second-order valence-electron chi connectivity index (χ2n) is 6.54. The first-order valence-corrected chi connectivity index (χ1v) is 8.35. The van der Waals surface area contributed by atoms with E-state index in [1.54, 1.807) is 0 Å². The molecule has 0 spiro atoms. The SMILES string of the molecule is CN1CCCC2CN(Cc3ccc(C(N)=S)cc3)CCC21. The second kappa shape index (κ2) is 6.42. The molecular weight excluding hydrogens is 278 g/mol. The standard InChI is InChI=1S/C17H25N3S/c1-19-9-2-3-15-12-20(10-8-16(15)19)11-13-4-6-14(7-5-13)17(18)21/h4-7,15-16H,2-3,8-12H2,1H3,(H2,18,21). The van der Waals surface area contributed by atoms with E-state index in [1.165, 1.54) is 44.5 Å². The van der Waals surface area contributed by atoms with Crippen molar-refractivity contribution >= 4 is 17.2 Å². The molecule has 1 aromatic rings. The molecular formula is C17H25N3S. The fourth-order valence-corrected chi connectivity index (χ4v) is 4.04. The lowest BCUT2D eigenvalue weighted by atomic mass is 9.84. The molecule has 4 heteroatoms. The van der Waals surface area contributed by atoms with Crippen LogP contribution in [-0.2, 0) is 6.54 Å². The highest BCUT2D eigenvalue weighted by molar-refractivity contribution is 7.80. The van der Waals surface area contributed by atoms with E-state index < -0.39 is 0 Å². The number of piperidine rings is 2. The van der Waals surface area contributed by atoms with Gasteiger partial charge in [0.15, 0.2) is 0 Å². The molecule has 1 aromatic carbocycles. The van der Waals surface area contributed by atoms with Gasteiger partial charge in [-0.2, -0.15) is 0 Å². The van der Waals surface area contributed by atoms with E-state index in [2.05, 4.69) is 29.0 Å². The maximum absolute atomic E-state index is 5.65. The molecule has 3 rings (SSSR count). The lowest BCUT2D eigenvalue weighted by Gasteiger charge is -2.46. The van der Waals surface area contributed by atoms with E-state index in [-0.39, 0.29) is 0 Å². The number of benzene rings is 1. The van der Waals surface area contributed by atoms with E-state index in [4.69, 9.17) is 18.0 Å². The van der Waals surface area contributed by atoms with Crippen molar-refractivity contribution in [2.45, 2.75) is 31.8 Å². The van der Waals surface area contributed by atoms with Crippen LogP contribution in [0.3, 0.4) is 0 Å². The monoisotopic (exact) mass is 303 g/mol. The molecule has 0 aliphatic carbocycles. The Hall–Kier alpha value is -0.970. The molecule has 2 atom stereocenters. The summed E-state index contributed by atoms with van der Waals surface area (Å²) in [4.78, 5) is 5.66. The van der Waals surface area contributed by atoms with Crippen LogP contribution in [0.1, 0.15) is 30.4 Å². The molecule has 0 bridgehead atoms. The first-order chi connectivity index (χ1) is 10.1. The number of hydrogen-bond acceptors (Lipinski definition) is 3. The Bertz CT molecular complexity index is 499. The molecule has 2 saturated heterocycles. The van der Waals surface area contributed by atoms with Gasteiger partial charge in [-0.05, 0) is 50.9 Å². The van der Waals surface area contributed by atoms with Crippen molar-refractivity contribution < 1.29 is 0 Å². The van der Waals surface area contributed by atoms with E-state index in [0.29, 0.717) is 4.99 Å². The molecule has 0 radical (unpaired) electrons. The number of nitrogens with zero attached hydrogens (tertiary/aromatic N) is 2. The van der Waals surface area contributed by atoms with Crippen molar-refractivity contribution in [1.82, 2.24) is 9.80 Å². The normalized spacial score (nSPS) is 27.3. The number of hydrogen-bond donors (Lipinski definition) is 1. The Labute approximate surface area is 133 Å². The summed E-state index contributed by atoms with van der Waals surface area (Å²) in [6, 6.07) is 9.21. The summed E-state index contributed by atoms with van der Waals surface area (Å²) < 4.78 is 0. The van der Waals surface area contributed by atoms with Gasteiger partial charge < -0.3 is 10.6 Å². The van der Waals surface area contributed by atoms with Gasteiger partial charge >= 0.3 is 0 Å². The minimum Gasteiger partial charge on any atom is -0.389 e. The maximum Gasteiger partial charge on any atom is 0.103 e. The molecule has 2 aliphatic rings. The quantitative estimate of drug-likeness (QED) is 0.868. The number of fused-ring (bicyclic) bond motifs is 1. The second-order valence-corrected chi connectivity index (χ2v) is 6.98. The number of rotatable bonds is 3. The first kappa shape index (κ1) is 14.9. The lowest BCUT2D eigenvalue weighted by Crippen LogP contribution is -2.52. The number of likely N-dealkylation sites (tertiary alicyclic amines) is 2. The average Bonchev–Trinajstić information content (AvgIpc) is 2.48. The summed E-state index contributed by atoms with van der Waals surface area (Å²) in [7, 11) is 2.29. The van der Waals surface area contributed by atoms with Crippen LogP contribution in [0, 0.1) is 5.92 Å². The third kappa shape index (κ3) is 3.44. The van der Waals surface area contributed by atoms with Crippen LogP contribution in [0.5, 0.6) is 0 Å². The smallest absolute Gasteiger partial charge is 0.103 e. The zero-order chi connectivity index (χ0) is 14.8. The van der Waals surface area contributed by atoms with E-state index >= 15 is 0 Å². The van der Waals surface area contributed by atoms with Gasteiger partial charge in [-0.1, -0.05) is 36.5 Å². The van der Waals surface area contributed by atoms with Gasteiger partial charge in [0, 0.05) is 24.7 Å². The van der Waals surface area contributed by atoms with Crippen LogP contribution in [0.15, 0.2) is 24.3 Å². The highest BCUT2D eigenvalue weighted by Gasteiger charge is 2.33. The Balaban J connectivity index is 1.60. The molecule has 114 valence electrons. The molecule has 0 saturated carbocycles. The zero-order valence-corrected chi connectivity index (χ0v) is 13.6. The highest BCUT2D eigenvalue weighted by atomic mass is 32.1. The Kier molecular flexibility index (Phi) is 4.57. The lowest BCUT2D eigenvalue weighted by molar-refractivity contribution is 0.0355. The van der Waals surface area contributed by atoms with Gasteiger partial charge in [0.05, 0.1) is 0 Å². The minimum absolute atomic E-state index is 0.479. The van der Waals surface area contributed by atoms with Crippen LogP contribution < -0.4 is 5.73 Å². The Morgan fingerprint density at radius 2 is 2.00 bits per heavy atom. The van der Waals surface area contributed by atoms with Gasteiger partial charge in [0.2, 0.25) is 0 Å². The molecule has 21 heavy (non-hydrogen) atoms. The number of thiocarbonyl (C=S) groups is 1. The summed E-state index contributed by atoms with van der Waals surface area (Å²) >= 11 is 5.00. The van der Waals surface area contributed by atoms with Crippen molar-refractivity contribution in [1.29, 1.82) is 0 Å². The van der Waals surface area contributed by atoms with Crippen molar-refractivity contribution in [3.8, 4) is 0 Å². The molecule has 2 unspecified atom stereocenters. The van der Waals surface area contributed by atoms with Gasteiger partial charge in [-0.15, -0.1) is 0 Å². The Morgan fingerprint density at radius 1 is 1.24 bits per heavy atom. The van der Waals surface area contributed by atoms with Crippen molar-refractivity contribution in [3.63, 3.8) is 0 Å². The third-order valence-electron chi connectivity index (χ3n) is 5.07. The van der Waals surface area contributed by atoms with Crippen LogP contribution in [0.2, 0.25) is 0 Å². The molecule has 2 heterocycles. The van der Waals surface area contributed by atoms with E-state index in [0.717, 1.165) is 24.1 Å². The first-order valence-electron chi connectivity index (χ1n) is 7.95. The van der Waals surface area contributed by atoms with Crippen molar-refractivity contribution in [3.05, 3.63) is 35.4 Å². The maximum atomic E-state index is 5.65. The molecule has 0 aromatic heterocycles. The number of nitrogens with two attached hydrogens (primary N) is 1. The van der Waals surface area contributed by atoms with Crippen molar-refractivity contribution in [2.75, 3.05) is 26.7 Å². The summed E-state index contributed by atoms with van der Waals surface area (Å²) in [6.45, 7) is 4.78. The Morgan fingerprint density at radius 3 is 2.71 bits per heavy atom. The summed E-state index contributed by atoms with van der Waals surface area (Å²) in [5, 5.41) is 0. The molecule has 2 N–H and O–H groups in total. The fraction of sp³-hybridized carbons (Fsp3) is 0.588. The fourth-order valence-electron chi connectivity index (χ4n) is 3.90. The predicted octanol–water partition coefficient (Wildman–Crippen LogP) is 2.24. The molecule has 3 nitrogen and oxygen atoms in total. The summed E-state index contributed by atoms with van der Waals surface area (Å²) in [5.41, 5.74) is 7.97. The summed E-state index contributed by atoms with van der Waals surface area (Å²) in [5.74, 6) is 0.855. The van der Waals surface area contributed by atoms with Crippen LogP contribution in [0.25, 0.3) is 0 Å². The van der Waals surface area contributed by atoms with Crippen molar-refractivity contribution in [2.24, 2.45) is 11.7 Å². The van der Waals surface area contributed by atoms with Gasteiger partial charge in [-0.3, -0.25) is 4.90 Å². The molecule has 2 aliphatic heterocycles. The van der Waals surface area contributed by atoms with Crippen LogP contribution >= 0.6 is 12.2 Å². The minimum atomic E-state index is 0.479.